The molecule has 0 radical (unpaired) electrons. The molecule has 2 aromatic rings. The average Bonchev–Trinajstić information content (AvgIpc) is 2.36. The summed E-state index contributed by atoms with van der Waals surface area (Å²) in [6, 6.07) is 6.27. The van der Waals surface area contributed by atoms with Crippen molar-refractivity contribution in [2.24, 2.45) is 0 Å². The Hall–Kier alpha value is -0.591. The van der Waals surface area contributed by atoms with E-state index in [1.54, 1.807) is 0 Å². The van der Waals surface area contributed by atoms with Gasteiger partial charge in [0.05, 0.1) is 0 Å². The Kier molecular flexibility index (Phi) is 1.37. The number of aryl methyl sites for hydroxylation is 1. The van der Waals surface area contributed by atoms with E-state index in [9.17, 15) is 0 Å². The molecule has 0 atom stereocenters. The molecular weight excluding hydrogens is 189 g/mol. The molecule has 1 aromatic heterocycles. The first-order valence-corrected chi connectivity index (χ1v) is 4.93. The molecule has 0 unspecified atom stereocenters. The third-order valence-electron chi connectivity index (χ3n) is 1.62. The van der Waals surface area contributed by atoms with Crippen LogP contribution in [0.1, 0.15) is 5.56 Å². The van der Waals surface area contributed by atoms with Gasteiger partial charge in [-0.25, -0.2) is 0 Å². The number of nitrogens with zero attached hydrogens (tertiary/aromatic N) is 1. The molecule has 0 saturated heterocycles. The Balaban J connectivity index is 2.95. The van der Waals surface area contributed by atoms with Gasteiger partial charge in [0.1, 0.15) is 0 Å². The van der Waals surface area contributed by atoms with Gasteiger partial charge in [0, 0.05) is 0 Å². The minimum atomic E-state index is 0.369. The van der Waals surface area contributed by atoms with E-state index in [4.69, 9.17) is 0 Å². The summed E-state index contributed by atoms with van der Waals surface area (Å²) in [6.07, 6.45) is 0. The summed E-state index contributed by atoms with van der Waals surface area (Å²) in [6.45, 7) is 2.13. The van der Waals surface area contributed by atoms with Crippen molar-refractivity contribution in [3.8, 4) is 0 Å². The molecular formula is C8H7NSe. The summed E-state index contributed by atoms with van der Waals surface area (Å²) in [5.41, 5.74) is 2.53. The summed E-state index contributed by atoms with van der Waals surface area (Å²) in [5, 5.41) is 1.35. The minimum absolute atomic E-state index is 0.369. The fourth-order valence-electron chi connectivity index (χ4n) is 1.03. The van der Waals surface area contributed by atoms with E-state index in [0.717, 1.165) is 0 Å². The van der Waals surface area contributed by atoms with E-state index >= 15 is 0 Å². The fourth-order valence-corrected chi connectivity index (χ4v) is 2.58. The second-order valence-corrected chi connectivity index (χ2v) is 3.64. The van der Waals surface area contributed by atoms with Crippen LogP contribution in [-0.2, 0) is 0 Å². The maximum absolute atomic E-state index is 4.37. The Bertz CT molecular complexity index is 351. The molecule has 1 nitrogen and oxygen atoms in total. The van der Waals surface area contributed by atoms with E-state index in [1.165, 1.54) is 16.5 Å². The molecule has 2 rings (SSSR count). The zero-order valence-corrected chi connectivity index (χ0v) is 7.38. The van der Waals surface area contributed by atoms with E-state index in [-0.39, 0.29) is 0 Å². The van der Waals surface area contributed by atoms with Crippen LogP contribution in [0.4, 0.5) is 0 Å². The van der Waals surface area contributed by atoms with Crippen molar-refractivity contribution in [2.45, 2.75) is 6.92 Å². The van der Waals surface area contributed by atoms with Crippen LogP contribution in [0.2, 0.25) is 0 Å². The Labute approximate surface area is 65.7 Å². The molecule has 0 N–H and O–H groups in total. The van der Waals surface area contributed by atoms with Crippen molar-refractivity contribution in [1.82, 2.24) is 3.98 Å². The van der Waals surface area contributed by atoms with Crippen LogP contribution in [0, 0.1) is 6.92 Å². The number of hydrogen-bond acceptors (Lipinski definition) is 1. The molecule has 0 spiro atoms. The molecule has 0 aliphatic rings. The summed E-state index contributed by atoms with van der Waals surface area (Å²) in [7, 11) is 0. The van der Waals surface area contributed by atoms with Crippen molar-refractivity contribution in [1.29, 1.82) is 0 Å². The average molecular weight is 196 g/mol. The van der Waals surface area contributed by atoms with Crippen molar-refractivity contribution in [2.75, 3.05) is 0 Å². The van der Waals surface area contributed by atoms with Gasteiger partial charge >= 0.3 is 65.2 Å². The van der Waals surface area contributed by atoms with Crippen LogP contribution in [0.5, 0.6) is 0 Å². The fraction of sp³-hybridized carbons (Fsp3) is 0.125. The summed E-state index contributed by atoms with van der Waals surface area (Å²) >= 11 is 0.369. The van der Waals surface area contributed by atoms with Crippen LogP contribution in [0.3, 0.4) is 0 Å². The Morgan fingerprint density at radius 2 is 2.30 bits per heavy atom. The number of benzene rings is 1. The van der Waals surface area contributed by atoms with Crippen LogP contribution >= 0.6 is 0 Å². The van der Waals surface area contributed by atoms with Crippen molar-refractivity contribution in [3.05, 3.63) is 28.7 Å². The molecule has 1 aromatic carbocycles. The van der Waals surface area contributed by atoms with Gasteiger partial charge < -0.3 is 0 Å². The summed E-state index contributed by atoms with van der Waals surface area (Å²) in [4.78, 5) is 2.23. The van der Waals surface area contributed by atoms with Crippen molar-refractivity contribution >= 4 is 25.6 Å². The number of hydrogen-bond donors (Lipinski definition) is 0. The monoisotopic (exact) mass is 197 g/mol. The first-order chi connectivity index (χ1) is 4.88. The van der Waals surface area contributed by atoms with E-state index in [2.05, 4.69) is 34.0 Å². The van der Waals surface area contributed by atoms with Crippen LogP contribution in [0.25, 0.3) is 10.9 Å². The Morgan fingerprint density at radius 1 is 1.40 bits per heavy atom. The molecule has 50 valence electrons. The van der Waals surface area contributed by atoms with Crippen LogP contribution in [-0.4, -0.2) is 18.7 Å². The maximum atomic E-state index is 4.37. The van der Waals surface area contributed by atoms with Gasteiger partial charge in [-0.1, -0.05) is 0 Å². The van der Waals surface area contributed by atoms with Crippen molar-refractivity contribution in [3.63, 3.8) is 0 Å². The van der Waals surface area contributed by atoms with E-state index in [0.29, 0.717) is 14.7 Å². The van der Waals surface area contributed by atoms with Gasteiger partial charge in [0.25, 0.3) is 0 Å². The van der Waals surface area contributed by atoms with E-state index in [1.807, 2.05) is 0 Å². The van der Waals surface area contributed by atoms with Gasteiger partial charge in [-0.15, -0.1) is 0 Å². The molecule has 0 saturated carbocycles. The third kappa shape index (κ3) is 0.808. The second-order valence-electron chi connectivity index (χ2n) is 2.32. The first kappa shape index (κ1) is 6.14. The summed E-state index contributed by atoms with van der Waals surface area (Å²) in [5.74, 6) is 0. The zero-order chi connectivity index (χ0) is 6.97. The molecule has 0 fully saturated rings. The molecule has 10 heavy (non-hydrogen) atoms. The number of aromatic nitrogens is 1. The summed E-state index contributed by atoms with van der Waals surface area (Å²) < 4.78 is 4.37. The topological polar surface area (TPSA) is 12.9 Å². The van der Waals surface area contributed by atoms with Crippen molar-refractivity contribution < 1.29 is 0 Å². The van der Waals surface area contributed by atoms with Gasteiger partial charge in [-0.3, -0.25) is 0 Å². The molecule has 0 bridgehead atoms. The van der Waals surface area contributed by atoms with Crippen LogP contribution < -0.4 is 0 Å². The quantitative estimate of drug-likeness (QED) is 0.583. The SMILES string of the molecule is Cc1cccc2n[se]cc12. The van der Waals surface area contributed by atoms with E-state index < -0.39 is 0 Å². The van der Waals surface area contributed by atoms with Gasteiger partial charge in [-0.2, -0.15) is 0 Å². The van der Waals surface area contributed by atoms with Crippen LogP contribution in [0.15, 0.2) is 23.1 Å². The van der Waals surface area contributed by atoms with Gasteiger partial charge in [-0.05, 0) is 0 Å². The first-order valence-electron chi connectivity index (χ1n) is 3.17. The molecule has 1 heterocycles. The van der Waals surface area contributed by atoms with Gasteiger partial charge in [0.15, 0.2) is 0 Å². The second kappa shape index (κ2) is 2.22. The zero-order valence-electron chi connectivity index (χ0n) is 5.66. The predicted molar refractivity (Wildman–Crippen MR) is 43.4 cm³/mol. The third-order valence-corrected chi connectivity index (χ3v) is 2.97. The molecule has 2 heteroatoms. The normalized spacial score (nSPS) is 10.5. The molecule has 0 aliphatic heterocycles. The molecule has 0 aliphatic carbocycles. The number of rotatable bonds is 0. The number of fused-ring (bicyclic) bond motifs is 1. The predicted octanol–water partition coefficient (Wildman–Crippen LogP) is 1.60. The standard InChI is InChI=1S/C8H7NSe/c1-6-3-2-4-8-7(6)5-10-9-8/h2-5H,1H3. The van der Waals surface area contributed by atoms with Gasteiger partial charge in [0.2, 0.25) is 0 Å². The Morgan fingerprint density at radius 3 is 3.10 bits per heavy atom. The molecule has 0 amide bonds.